The lowest BCUT2D eigenvalue weighted by molar-refractivity contribution is -0.210. The van der Waals surface area contributed by atoms with Crippen LogP contribution in [-0.4, -0.2) is 58.1 Å². The zero-order chi connectivity index (χ0) is 19.6. The Kier molecular flexibility index (Phi) is 8.41. The van der Waals surface area contributed by atoms with Gasteiger partial charge < -0.3 is 28.4 Å². The molecule has 0 aromatic heterocycles. The molecule has 0 N–H and O–H groups in total. The third kappa shape index (κ3) is 6.14. The van der Waals surface area contributed by atoms with Gasteiger partial charge in [0.15, 0.2) is 12.2 Å². The van der Waals surface area contributed by atoms with Gasteiger partial charge >= 0.3 is 11.9 Å². The highest BCUT2D eigenvalue weighted by Gasteiger charge is 2.42. The van der Waals surface area contributed by atoms with Crippen LogP contribution in [0, 0.1) is 0 Å². The smallest absolute Gasteiger partial charge is 0.330 e. The Morgan fingerprint density at radius 3 is 2.48 bits per heavy atom. The van der Waals surface area contributed by atoms with Gasteiger partial charge in [-0.05, 0) is 11.6 Å². The molecule has 0 aliphatic carbocycles. The van der Waals surface area contributed by atoms with Crippen LogP contribution in [0.4, 0.5) is 0 Å². The lowest BCUT2D eigenvalue weighted by Crippen LogP contribution is -2.48. The predicted octanol–water partition coefficient (Wildman–Crippen LogP) is 1.75. The minimum absolute atomic E-state index is 0.0103. The molecule has 0 radical (unpaired) electrons. The number of carbonyl (C=O) groups is 2. The summed E-state index contributed by atoms with van der Waals surface area (Å²) >= 11 is 0. The van der Waals surface area contributed by atoms with Crippen molar-refractivity contribution in [2.24, 2.45) is 0 Å². The number of esters is 2. The maximum absolute atomic E-state index is 11.9. The first-order valence-corrected chi connectivity index (χ1v) is 8.39. The van der Waals surface area contributed by atoms with E-state index in [1.165, 1.54) is 27.2 Å². The maximum Gasteiger partial charge on any atom is 0.330 e. The molecule has 8 nitrogen and oxygen atoms in total. The minimum Gasteiger partial charge on any atom is -0.455 e. The monoisotopic (exact) mass is 380 g/mol. The summed E-state index contributed by atoms with van der Waals surface area (Å²) in [6.45, 7) is 1.20. The molecule has 0 amide bonds. The van der Waals surface area contributed by atoms with Crippen molar-refractivity contribution in [3.63, 3.8) is 0 Å². The van der Waals surface area contributed by atoms with Gasteiger partial charge in [-0.2, -0.15) is 0 Å². The van der Waals surface area contributed by atoms with Crippen molar-refractivity contribution in [1.29, 1.82) is 0 Å². The Morgan fingerprint density at radius 2 is 1.85 bits per heavy atom. The number of methoxy groups -OCH3 is 2. The highest BCUT2D eigenvalue weighted by Crippen LogP contribution is 2.31. The first kappa shape index (κ1) is 21.0. The lowest BCUT2D eigenvalue weighted by Gasteiger charge is -2.36. The van der Waals surface area contributed by atoms with Gasteiger partial charge in [-0.15, -0.1) is 0 Å². The van der Waals surface area contributed by atoms with Gasteiger partial charge in [0.1, 0.15) is 25.8 Å². The third-order valence-electron chi connectivity index (χ3n) is 3.80. The van der Waals surface area contributed by atoms with Crippen molar-refractivity contribution in [2.75, 3.05) is 27.8 Å². The van der Waals surface area contributed by atoms with Gasteiger partial charge in [0.05, 0.1) is 0 Å². The van der Waals surface area contributed by atoms with Gasteiger partial charge in [-0.25, -0.2) is 4.79 Å². The number of rotatable bonds is 10. The Morgan fingerprint density at radius 1 is 1.15 bits per heavy atom. The number of ether oxygens (including phenoxy) is 6. The van der Waals surface area contributed by atoms with E-state index in [-0.39, 0.29) is 13.6 Å². The normalized spacial score (nSPS) is 21.4. The number of carbonyl (C=O) groups excluding carboxylic acids is 2. The van der Waals surface area contributed by atoms with E-state index in [0.717, 1.165) is 0 Å². The molecule has 1 aromatic rings. The second-order valence-electron chi connectivity index (χ2n) is 5.78. The SMILES string of the molecule is COCO[C@@H]([C@@H]1OC(=O)C=C[C@@H]1OCOC)[C@@H](OC(C)=O)c1ccccc1. The molecule has 1 aliphatic rings. The topological polar surface area (TPSA) is 89.5 Å². The largest absolute Gasteiger partial charge is 0.455 e. The van der Waals surface area contributed by atoms with Crippen LogP contribution >= 0.6 is 0 Å². The summed E-state index contributed by atoms with van der Waals surface area (Å²) in [4.78, 5) is 23.6. The van der Waals surface area contributed by atoms with E-state index in [4.69, 9.17) is 28.4 Å². The standard InChI is InChI=1S/C19H24O8/c1-13(20)26-17(14-7-5-4-6-8-14)19(25-12-23-3)18-15(24-11-22-2)9-10-16(21)27-18/h4-10,15,17-19H,11-12H2,1-3H3/t15-,17-,18+,19+/m0/s1. The molecule has 1 aromatic carbocycles. The van der Waals surface area contributed by atoms with E-state index in [9.17, 15) is 9.59 Å². The summed E-state index contributed by atoms with van der Waals surface area (Å²) in [5.74, 6) is -1.04. The summed E-state index contributed by atoms with van der Waals surface area (Å²) in [5, 5.41) is 0. The second-order valence-corrected chi connectivity index (χ2v) is 5.78. The van der Waals surface area contributed by atoms with Crippen LogP contribution in [0.15, 0.2) is 42.5 Å². The van der Waals surface area contributed by atoms with Crippen molar-refractivity contribution in [3.8, 4) is 0 Å². The highest BCUT2D eigenvalue weighted by atomic mass is 16.7. The predicted molar refractivity (Wildman–Crippen MR) is 93.5 cm³/mol. The third-order valence-corrected chi connectivity index (χ3v) is 3.80. The van der Waals surface area contributed by atoms with Gasteiger partial charge in [0, 0.05) is 27.2 Å². The minimum atomic E-state index is -0.877. The van der Waals surface area contributed by atoms with Crippen LogP contribution in [0.3, 0.4) is 0 Å². The highest BCUT2D eigenvalue weighted by molar-refractivity contribution is 5.83. The van der Waals surface area contributed by atoms with Crippen molar-refractivity contribution < 1.29 is 38.0 Å². The van der Waals surface area contributed by atoms with Gasteiger partial charge in [0.2, 0.25) is 0 Å². The molecule has 4 atom stereocenters. The van der Waals surface area contributed by atoms with Crippen LogP contribution in [0.2, 0.25) is 0 Å². The average molecular weight is 380 g/mol. The van der Waals surface area contributed by atoms with Gasteiger partial charge in [-0.1, -0.05) is 30.3 Å². The molecule has 0 unspecified atom stereocenters. The zero-order valence-electron chi connectivity index (χ0n) is 15.5. The zero-order valence-corrected chi connectivity index (χ0v) is 15.5. The van der Waals surface area contributed by atoms with E-state index in [1.807, 2.05) is 18.2 Å². The van der Waals surface area contributed by atoms with E-state index >= 15 is 0 Å². The molecule has 0 fully saturated rings. The summed E-state index contributed by atoms with van der Waals surface area (Å²) in [7, 11) is 2.95. The molecule has 2 rings (SSSR count). The fourth-order valence-corrected chi connectivity index (χ4v) is 2.72. The first-order valence-electron chi connectivity index (χ1n) is 8.39. The summed E-state index contributed by atoms with van der Waals surface area (Å²) in [5.41, 5.74) is 0.685. The molecule has 0 saturated carbocycles. The molecule has 0 spiro atoms. The molecular formula is C19H24O8. The molecule has 8 heteroatoms. The van der Waals surface area contributed by atoms with Gasteiger partial charge in [0.25, 0.3) is 0 Å². The van der Waals surface area contributed by atoms with E-state index in [0.29, 0.717) is 5.56 Å². The molecule has 1 aliphatic heterocycles. The Labute approximate surface area is 157 Å². The summed E-state index contributed by atoms with van der Waals surface area (Å²) < 4.78 is 32.3. The fourth-order valence-electron chi connectivity index (χ4n) is 2.72. The van der Waals surface area contributed by atoms with Crippen LogP contribution in [0.5, 0.6) is 0 Å². The van der Waals surface area contributed by atoms with Crippen LogP contribution in [-0.2, 0) is 38.0 Å². The molecular weight excluding hydrogens is 356 g/mol. The molecule has 0 saturated heterocycles. The number of hydrogen-bond acceptors (Lipinski definition) is 8. The van der Waals surface area contributed by atoms with Crippen LogP contribution < -0.4 is 0 Å². The number of benzene rings is 1. The maximum atomic E-state index is 11.9. The van der Waals surface area contributed by atoms with Gasteiger partial charge in [-0.3, -0.25) is 4.79 Å². The number of cyclic esters (lactones) is 1. The van der Waals surface area contributed by atoms with Crippen LogP contribution in [0.25, 0.3) is 0 Å². The van der Waals surface area contributed by atoms with E-state index in [1.54, 1.807) is 18.2 Å². The van der Waals surface area contributed by atoms with Crippen molar-refractivity contribution in [2.45, 2.75) is 31.3 Å². The Bertz CT molecular complexity index is 630. The van der Waals surface area contributed by atoms with Crippen molar-refractivity contribution >= 4 is 11.9 Å². The van der Waals surface area contributed by atoms with Crippen molar-refractivity contribution in [1.82, 2.24) is 0 Å². The average Bonchev–Trinajstić information content (AvgIpc) is 2.67. The quantitative estimate of drug-likeness (QED) is 0.448. The first-order chi connectivity index (χ1) is 13.1. The lowest BCUT2D eigenvalue weighted by atomic mass is 9.95. The number of hydrogen-bond donors (Lipinski definition) is 0. The second kappa shape index (κ2) is 10.8. The molecule has 0 bridgehead atoms. The van der Waals surface area contributed by atoms with Crippen molar-refractivity contribution in [3.05, 3.63) is 48.0 Å². The van der Waals surface area contributed by atoms with E-state index < -0.39 is 36.4 Å². The summed E-state index contributed by atoms with van der Waals surface area (Å²) in [6, 6.07) is 9.05. The summed E-state index contributed by atoms with van der Waals surface area (Å²) in [6.07, 6.45) is -0.394. The Balaban J connectivity index is 2.37. The van der Waals surface area contributed by atoms with Crippen LogP contribution in [0.1, 0.15) is 18.6 Å². The molecule has 27 heavy (non-hydrogen) atoms. The molecule has 1 heterocycles. The fraction of sp³-hybridized carbons (Fsp3) is 0.474. The van der Waals surface area contributed by atoms with E-state index in [2.05, 4.69) is 0 Å². The Hall–Kier alpha value is -2.26. The molecule has 148 valence electrons.